The van der Waals surface area contributed by atoms with Gasteiger partial charge in [0.2, 0.25) is 3.61 Å². The van der Waals surface area contributed by atoms with Crippen LogP contribution >= 0.6 is 22.6 Å². The molecule has 1 rings (SSSR count). The first-order valence-electron chi connectivity index (χ1n) is 2.96. The van der Waals surface area contributed by atoms with Crippen molar-refractivity contribution >= 4 is 28.7 Å². The molecule has 1 aliphatic rings. The fourth-order valence-electron chi connectivity index (χ4n) is 0.600. The van der Waals surface area contributed by atoms with Crippen molar-refractivity contribution in [2.75, 3.05) is 0 Å². The van der Waals surface area contributed by atoms with Crippen molar-refractivity contribution in [2.24, 2.45) is 0 Å². The van der Waals surface area contributed by atoms with Crippen LogP contribution in [-0.4, -0.2) is 15.4 Å². The van der Waals surface area contributed by atoms with E-state index in [1.165, 1.54) is 0 Å². The van der Waals surface area contributed by atoms with E-state index in [1.807, 2.05) is 20.8 Å². The number of cyclic esters (lactones) is 2. The summed E-state index contributed by atoms with van der Waals surface area (Å²) in [4.78, 5) is 10.6. The number of hydrogen-bond donors (Lipinski definition) is 0. The highest BCUT2D eigenvalue weighted by molar-refractivity contribution is 14.1. The molecule has 0 saturated carbocycles. The lowest BCUT2D eigenvalue weighted by Crippen LogP contribution is -2.38. The van der Waals surface area contributed by atoms with Gasteiger partial charge in [0.1, 0.15) is 0 Å². The predicted molar refractivity (Wildman–Crippen MR) is 44.1 cm³/mol. The highest BCUT2D eigenvalue weighted by Crippen LogP contribution is 2.41. The normalized spacial score (nSPS) is 37.0. The third kappa shape index (κ3) is 1.09. The standard InChI is InChI=1S/C6H9IO3/c1-5(2)6(3,7)10-4(8)9-5/h1-3H3/t6-/m0/s1. The van der Waals surface area contributed by atoms with Crippen LogP contribution in [0.4, 0.5) is 4.79 Å². The summed E-state index contributed by atoms with van der Waals surface area (Å²) in [6.07, 6.45) is -0.582. The van der Waals surface area contributed by atoms with Crippen LogP contribution in [0.1, 0.15) is 20.8 Å². The van der Waals surface area contributed by atoms with Gasteiger partial charge in [-0.25, -0.2) is 4.79 Å². The van der Waals surface area contributed by atoms with Gasteiger partial charge in [-0.1, -0.05) is 0 Å². The summed E-state index contributed by atoms with van der Waals surface area (Å²) >= 11 is 2.06. The molecule has 1 aliphatic heterocycles. The van der Waals surface area contributed by atoms with Gasteiger partial charge in [0.05, 0.1) is 0 Å². The summed E-state index contributed by atoms with van der Waals surface area (Å²) in [7, 11) is 0. The van der Waals surface area contributed by atoms with Gasteiger partial charge in [-0.3, -0.25) is 0 Å². The molecule has 1 atom stereocenters. The van der Waals surface area contributed by atoms with Gasteiger partial charge in [0, 0.05) is 0 Å². The second-order valence-corrected chi connectivity index (χ2v) is 4.94. The van der Waals surface area contributed by atoms with Crippen molar-refractivity contribution in [2.45, 2.75) is 30.0 Å². The lowest BCUT2D eigenvalue weighted by atomic mass is 10.0. The maximum Gasteiger partial charge on any atom is 0.510 e. The molecule has 0 amide bonds. The lowest BCUT2D eigenvalue weighted by Gasteiger charge is -2.26. The SMILES string of the molecule is CC1(C)OC(=O)O[C@]1(C)I. The van der Waals surface area contributed by atoms with Crippen LogP contribution in [-0.2, 0) is 9.47 Å². The van der Waals surface area contributed by atoms with Crippen LogP contribution in [0.25, 0.3) is 0 Å². The smallest absolute Gasteiger partial charge is 0.423 e. The zero-order chi connectivity index (χ0) is 7.99. The number of carbonyl (C=O) groups excluding carboxylic acids is 1. The van der Waals surface area contributed by atoms with Gasteiger partial charge in [-0.05, 0) is 43.4 Å². The van der Waals surface area contributed by atoms with Crippen molar-refractivity contribution in [3.8, 4) is 0 Å². The molecule has 3 nitrogen and oxygen atoms in total. The average Bonchev–Trinajstić information content (AvgIpc) is 1.73. The molecule has 1 saturated heterocycles. The molecule has 0 aromatic rings. The third-order valence-electron chi connectivity index (χ3n) is 1.69. The van der Waals surface area contributed by atoms with E-state index in [9.17, 15) is 4.79 Å². The van der Waals surface area contributed by atoms with E-state index in [-0.39, 0.29) is 0 Å². The Bertz CT molecular complexity index is 156. The molecule has 4 heteroatoms. The highest BCUT2D eigenvalue weighted by atomic mass is 127. The second-order valence-electron chi connectivity index (χ2n) is 2.88. The summed E-state index contributed by atoms with van der Waals surface area (Å²) in [5.74, 6) is 0. The first kappa shape index (κ1) is 8.10. The number of alkyl halides is 1. The number of ether oxygens (including phenoxy) is 2. The van der Waals surface area contributed by atoms with Gasteiger partial charge >= 0.3 is 6.16 Å². The lowest BCUT2D eigenvalue weighted by molar-refractivity contribution is 0.0640. The molecular formula is C6H9IO3. The Morgan fingerprint density at radius 2 is 1.80 bits per heavy atom. The number of hydrogen-bond acceptors (Lipinski definition) is 3. The molecule has 0 unspecified atom stereocenters. The van der Waals surface area contributed by atoms with Crippen molar-refractivity contribution in [3.05, 3.63) is 0 Å². The van der Waals surface area contributed by atoms with Gasteiger partial charge in [0.15, 0.2) is 5.60 Å². The molecule has 1 fully saturated rings. The molecule has 10 heavy (non-hydrogen) atoms. The molecule has 0 radical (unpaired) electrons. The van der Waals surface area contributed by atoms with Crippen molar-refractivity contribution < 1.29 is 14.3 Å². The molecule has 0 aliphatic carbocycles. The van der Waals surface area contributed by atoms with Crippen LogP contribution in [0, 0.1) is 0 Å². The fraction of sp³-hybridized carbons (Fsp3) is 0.833. The van der Waals surface area contributed by atoms with Crippen molar-refractivity contribution in [1.29, 1.82) is 0 Å². The molecular weight excluding hydrogens is 247 g/mol. The Hall–Kier alpha value is 0. The maximum absolute atomic E-state index is 10.6. The van der Waals surface area contributed by atoms with E-state index < -0.39 is 15.4 Å². The number of halogens is 1. The van der Waals surface area contributed by atoms with E-state index in [4.69, 9.17) is 9.47 Å². The van der Waals surface area contributed by atoms with Crippen LogP contribution in [0.3, 0.4) is 0 Å². The van der Waals surface area contributed by atoms with Crippen LogP contribution in [0.15, 0.2) is 0 Å². The van der Waals surface area contributed by atoms with Gasteiger partial charge in [-0.2, -0.15) is 0 Å². The van der Waals surface area contributed by atoms with Crippen LogP contribution in [0.2, 0.25) is 0 Å². The van der Waals surface area contributed by atoms with E-state index in [1.54, 1.807) is 0 Å². The Balaban J connectivity index is 2.88. The quantitative estimate of drug-likeness (QED) is 0.378. The average molecular weight is 256 g/mol. The van der Waals surface area contributed by atoms with Gasteiger partial charge < -0.3 is 9.47 Å². The molecule has 0 bridgehead atoms. The first-order chi connectivity index (χ1) is 4.35. The Kier molecular flexibility index (Phi) is 1.61. The van der Waals surface area contributed by atoms with E-state index in [0.29, 0.717) is 0 Å². The summed E-state index contributed by atoms with van der Waals surface area (Å²) < 4.78 is 9.24. The Morgan fingerprint density at radius 3 is 1.90 bits per heavy atom. The Labute approximate surface area is 73.2 Å². The Morgan fingerprint density at radius 1 is 1.30 bits per heavy atom. The summed E-state index contributed by atoms with van der Waals surface area (Å²) in [6, 6.07) is 0. The molecule has 1 heterocycles. The van der Waals surface area contributed by atoms with E-state index >= 15 is 0 Å². The van der Waals surface area contributed by atoms with Crippen LogP contribution in [0.5, 0.6) is 0 Å². The zero-order valence-electron chi connectivity index (χ0n) is 6.10. The fourth-order valence-corrected chi connectivity index (χ4v) is 0.890. The highest BCUT2D eigenvalue weighted by Gasteiger charge is 2.52. The minimum Gasteiger partial charge on any atom is -0.423 e. The third-order valence-corrected chi connectivity index (χ3v) is 3.21. The topological polar surface area (TPSA) is 35.5 Å². The van der Waals surface area contributed by atoms with Gasteiger partial charge in [-0.15, -0.1) is 0 Å². The van der Waals surface area contributed by atoms with Crippen molar-refractivity contribution in [3.63, 3.8) is 0 Å². The predicted octanol–water partition coefficient (Wildman–Crippen LogP) is 2.08. The van der Waals surface area contributed by atoms with E-state index in [2.05, 4.69) is 22.6 Å². The number of rotatable bonds is 0. The summed E-state index contributed by atoms with van der Waals surface area (Å²) in [5.41, 5.74) is -0.523. The summed E-state index contributed by atoms with van der Waals surface area (Å²) in [6.45, 7) is 5.47. The second kappa shape index (κ2) is 1.99. The van der Waals surface area contributed by atoms with Crippen LogP contribution < -0.4 is 0 Å². The minimum atomic E-state index is -0.582. The molecule has 58 valence electrons. The largest absolute Gasteiger partial charge is 0.510 e. The van der Waals surface area contributed by atoms with Crippen molar-refractivity contribution in [1.82, 2.24) is 0 Å². The summed E-state index contributed by atoms with van der Waals surface area (Å²) in [5, 5.41) is 0. The van der Waals surface area contributed by atoms with E-state index in [0.717, 1.165) is 0 Å². The molecule has 0 aromatic carbocycles. The molecule has 0 aromatic heterocycles. The van der Waals surface area contributed by atoms with Gasteiger partial charge in [0.25, 0.3) is 0 Å². The number of carbonyl (C=O) groups is 1. The molecule has 0 N–H and O–H groups in total. The molecule has 0 spiro atoms. The maximum atomic E-state index is 10.6. The minimum absolute atomic E-state index is 0.523. The first-order valence-corrected chi connectivity index (χ1v) is 4.04. The zero-order valence-corrected chi connectivity index (χ0v) is 8.26. The monoisotopic (exact) mass is 256 g/mol.